The van der Waals surface area contributed by atoms with E-state index in [1.165, 1.54) is 15.9 Å². The highest BCUT2D eigenvalue weighted by Crippen LogP contribution is 2.27. The molecule has 2 rings (SSSR count). The number of aliphatic hydroxyl groups is 1. The van der Waals surface area contributed by atoms with Crippen molar-refractivity contribution in [1.82, 2.24) is 4.90 Å². The second-order valence-electron chi connectivity index (χ2n) is 5.82. The number of carbonyl (C=O) groups excluding carboxylic acids is 2. The van der Waals surface area contributed by atoms with Gasteiger partial charge in [0.2, 0.25) is 11.8 Å². The number of rotatable bonds is 4. The quantitative estimate of drug-likeness (QED) is 0.913. The van der Waals surface area contributed by atoms with Crippen molar-refractivity contribution >= 4 is 17.5 Å². The molecule has 1 aliphatic heterocycles. The molecule has 2 amide bonds. The molecule has 0 radical (unpaired) electrons. The lowest BCUT2D eigenvalue weighted by Crippen LogP contribution is -2.41. The number of anilines is 1. The van der Waals surface area contributed by atoms with Crippen molar-refractivity contribution in [2.45, 2.75) is 26.3 Å². The number of hydrogen-bond acceptors (Lipinski definition) is 3. The Morgan fingerprint density at radius 2 is 2.23 bits per heavy atom. The molecule has 1 aromatic carbocycles. The maximum Gasteiger partial charge on any atom is 0.228 e. The molecule has 1 saturated heterocycles. The van der Waals surface area contributed by atoms with Gasteiger partial charge in [0.1, 0.15) is 5.82 Å². The topological polar surface area (TPSA) is 60.9 Å². The van der Waals surface area contributed by atoms with Crippen molar-refractivity contribution in [3.05, 3.63) is 29.6 Å². The fraction of sp³-hybridized carbons (Fsp3) is 0.500. The molecule has 1 aromatic rings. The van der Waals surface area contributed by atoms with Crippen molar-refractivity contribution in [3.8, 4) is 0 Å². The molecule has 22 heavy (non-hydrogen) atoms. The van der Waals surface area contributed by atoms with E-state index in [1.807, 2.05) is 0 Å². The van der Waals surface area contributed by atoms with Gasteiger partial charge < -0.3 is 14.9 Å². The van der Waals surface area contributed by atoms with Crippen LogP contribution >= 0.6 is 0 Å². The standard InChI is InChI=1S/C16H21FN2O3/c1-10-6-13(4-5-14(10)17)19-8-12(7-15(19)21)16(22)18(3)11(2)9-20/h4-6,11-12,20H,7-9H2,1-3H3. The van der Waals surface area contributed by atoms with Gasteiger partial charge >= 0.3 is 0 Å². The number of hydrogen-bond donors (Lipinski definition) is 1. The molecular weight excluding hydrogens is 287 g/mol. The Hall–Kier alpha value is -1.95. The van der Waals surface area contributed by atoms with Gasteiger partial charge in [-0.25, -0.2) is 4.39 Å². The van der Waals surface area contributed by atoms with Gasteiger partial charge in [0.25, 0.3) is 0 Å². The van der Waals surface area contributed by atoms with Crippen LogP contribution in [0.15, 0.2) is 18.2 Å². The predicted molar refractivity (Wildman–Crippen MR) is 80.9 cm³/mol. The smallest absolute Gasteiger partial charge is 0.228 e. The molecule has 0 bridgehead atoms. The first-order valence-corrected chi connectivity index (χ1v) is 7.29. The average Bonchev–Trinajstić information content (AvgIpc) is 2.89. The van der Waals surface area contributed by atoms with E-state index in [-0.39, 0.29) is 43.2 Å². The lowest BCUT2D eigenvalue weighted by Gasteiger charge is -2.26. The highest BCUT2D eigenvalue weighted by atomic mass is 19.1. The van der Waals surface area contributed by atoms with Crippen LogP contribution < -0.4 is 4.90 Å². The summed E-state index contributed by atoms with van der Waals surface area (Å²) >= 11 is 0. The van der Waals surface area contributed by atoms with E-state index in [0.717, 1.165) is 0 Å². The predicted octanol–water partition coefficient (Wildman–Crippen LogP) is 1.33. The van der Waals surface area contributed by atoms with Crippen LogP contribution in [0.3, 0.4) is 0 Å². The van der Waals surface area contributed by atoms with Crippen LogP contribution in [0.25, 0.3) is 0 Å². The molecular formula is C16H21FN2O3. The molecule has 0 saturated carbocycles. The zero-order chi connectivity index (χ0) is 16.4. The first-order chi connectivity index (χ1) is 10.3. The minimum Gasteiger partial charge on any atom is -0.394 e. The van der Waals surface area contributed by atoms with E-state index in [0.29, 0.717) is 11.3 Å². The molecule has 1 N–H and O–H groups in total. The molecule has 120 valence electrons. The molecule has 1 aliphatic rings. The van der Waals surface area contributed by atoms with Gasteiger partial charge in [-0.15, -0.1) is 0 Å². The Labute approximate surface area is 129 Å². The van der Waals surface area contributed by atoms with Gasteiger partial charge in [-0.1, -0.05) is 0 Å². The van der Waals surface area contributed by atoms with Crippen molar-refractivity contribution in [2.24, 2.45) is 5.92 Å². The Morgan fingerprint density at radius 3 is 2.82 bits per heavy atom. The van der Waals surface area contributed by atoms with E-state index in [9.17, 15) is 14.0 Å². The molecule has 0 aromatic heterocycles. The Bertz CT molecular complexity index is 591. The summed E-state index contributed by atoms with van der Waals surface area (Å²) in [5.41, 5.74) is 1.07. The number of carbonyl (C=O) groups is 2. The summed E-state index contributed by atoms with van der Waals surface area (Å²) in [6, 6.07) is 4.20. The first kappa shape index (κ1) is 16.4. The van der Waals surface area contributed by atoms with Crippen LogP contribution in [0.4, 0.5) is 10.1 Å². The lowest BCUT2D eigenvalue weighted by molar-refractivity contribution is -0.137. The maximum absolute atomic E-state index is 13.3. The minimum atomic E-state index is -0.433. The Kier molecular flexibility index (Phi) is 4.81. The number of amides is 2. The summed E-state index contributed by atoms with van der Waals surface area (Å²) in [5, 5.41) is 9.13. The van der Waals surface area contributed by atoms with Crippen LogP contribution in [-0.4, -0.2) is 48.1 Å². The number of nitrogens with zero attached hydrogens (tertiary/aromatic N) is 2. The zero-order valence-corrected chi connectivity index (χ0v) is 13.0. The van der Waals surface area contributed by atoms with Crippen molar-refractivity contribution in [2.75, 3.05) is 25.1 Å². The minimum absolute atomic E-state index is 0.121. The maximum atomic E-state index is 13.3. The van der Waals surface area contributed by atoms with Gasteiger partial charge in [0.05, 0.1) is 18.6 Å². The van der Waals surface area contributed by atoms with Gasteiger partial charge in [-0.05, 0) is 37.6 Å². The highest BCUT2D eigenvalue weighted by molar-refractivity contribution is 6.00. The van der Waals surface area contributed by atoms with E-state index in [1.54, 1.807) is 33.0 Å². The fourth-order valence-corrected chi connectivity index (χ4v) is 2.55. The summed E-state index contributed by atoms with van der Waals surface area (Å²) in [6.45, 7) is 3.55. The number of aryl methyl sites for hydroxylation is 1. The van der Waals surface area contributed by atoms with Gasteiger partial charge in [-0.2, -0.15) is 0 Å². The monoisotopic (exact) mass is 308 g/mol. The number of benzene rings is 1. The SMILES string of the molecule is Cc1cc(N2CC(C(=O)N(C)C(C)CO)CC2=O)ccc1F. The highest BCUT2D eigenvalue weighted by Gasteiger charge is 2.37. The molecule has 2 atom stereocenters. The Morgan fingerprint density at radius 1 is 1.55 bits per heavy atom. The molecule has 1 fully saturated rings. The van der Waals surface area contributed by atoms with Crippen LogP contribution in [-0.2, 0) is 9.59 Å². The lowest BCUT2D eigenvalue weighted by atomic mass is 10.1. The first-order valence-electron chi connectivity index (χ1n) is 7.29. The van der Waals surface area contributed by atoms with Gasteiger partial charge in [-0.3, -0.25) is 9.59 Å². The number of halogens is 1. The van der Waals surface area contributed by atoms with E-state index >= 15 is 0 Å². The normalized spacial score (nSPS) is 19.4. The summed E-state index contributed by atoms with van der Waals surface area (Å²) in [7, 11) is 1.62. The molecule has 2 unspecified atom stereocenters. The van der Waals surface area contributed by atoms with Crippen LogP contribution in [0.5, 0.6) is 0 Å². The third kappa shape index (κ3) is 3.11. The average molecular weight is 308 g/mol. The van der Waals surface area contributed by atoms with E-state index < -0.39 is 5.92 Å². The summed E-state index contributed by atoms with van der Waals surface area (Å²) in [4.78, 5) is 27.5. The molecule has 5 nitrogen and oxygen atoms in total. The van der Waals surface area contributed by atoms with Crippen molar-refractivity contribution < 1.29 is 19.1 Å². The van der Waals surface area contributed by atoms with E-state index in [4.69, 9.17) is 5.11 Å². The summed E-state index contributed by atoms with van der Waals surface area (Å²) in [5.74, 6) is -1.05. The Balaban J connectivity index is 2.13. The van der Waals surface area contributed by atoms with Crippen molar-refractivity contribution in [3.63, 3.8) is 0 Å². The summed E-state index contributed by atoms with van der Waals surface area (Å²) in [6.07, 6.45) is 0.137. The third-order valence-electron chi connectivity index (χ3n) is 4.20. The second-order valence-corrected chi connectivity index (χ2v) is 5.82. The zero-order valence-electron chi connectivity index (χ0n) is 13.0. The second kappa shape index (κ2) is 6.44. The van der Waals surface area contributed by atoms with Crippen LogP contribution in [0, 0.1) is 18.7 Å². The number of aliphatic hydroxyl groups excluding tert-OH is 1. The molecule has 1 heterocycles. The third-order valence-corrected chi connectivity index (χ3v) is 4.20. The van der Waals surface area contributed by atoms with Crippen LogP contribution in [0.2, 0.25) is 0 Å². The van der Waals surface area contributed by atoms with E-state index in [2.05, 4.69) is 0 Å². The molecule has 0 spiro atoms. The molecule has 6 heteroatoms. The fourth-order valence-electron chi connectivity index (χ4n) is 2.55. The van der Waals surface area contributed by atoms with Crippen molar-refractivity contribution in [1.29, 1.82) is 0 Å². The summed E-state index contributed by atoms with van der Waals surface area (Å²) < 4.78 is 13.3. The van der Waals surface area contributed by atoms with Crippen LogP contribution in [0.1, 0.15) is 18.9 Å². The van der Waals surface area contributed by atoms with Gasteiger partial charge in [0, 0.05) is 25.7 Å². The molecule has 0 aliphatic carbocycles. The van der Waals surface area contributed by atoms with Gasteiger partial charge in [0.15, 0.2) is 0 Å². The largest absolute Gasteiger partial charge is 0.394 e. The number of likely N-dealkylation sites (N-methyl/N-ethyl adjacent to an activating group) is 1.